The van der Waals surface area contributed by atoms with Crippen LogP contribution in [0, 0.1) is 5.92 Å². The fourth-order valence-corrected chi connectivity index (χ4v) is 3.59. The highest BCUT2D eigenvalue weighted by atomic mass is 15.3. The Bertz CT molecular complexity index is 759. The maximum Gasteiger partial charge on any atom is 0.151 e. The molecule has 2 aromatic heterocycles. The van der Waals surface area contributed by atoms with Crippen LogP contribution in [0.1, 0.15) is 50.6 Å². The summed E-state index contributed by atoms with van der Waals surface area (Å²) in [5, 5.41) is 20.9. The van der Waals surface area contributed by atoms with E-state index < -0.39 is 0 Å². The van der Waals surface area contributed by atoms with Crippen LogP contribution < -0.4 is 10.2 Å². The molecule has 1 saturated heterocycles. The fraction of sp³-hybridized carbons (Fsp3) is 0.600. The van der Waals surface area contributed by atoms with E-state index in [1.54, 1.807) is 0 Å². The van der Waals surface area contributed by atoms with Gasteiger partial charge in [0.1, 0.15) is 5.82 Å². The van der Waals surface area contributed by atoms with Gasteiger partial charge in [0.2, 0.25) is 0 Å². The van der Waals surface area contributed by atoms with Gasteiger partial charge in [0.05, 0.1) is 11.4 Å². The van der Waals surface area contributed by atoms with E-state index in [-0.39, 0.29) is 5.41 Å². The van der Waals surface area contributed by atoms with E-state index in [0.29, 0.717) is 5.92 Å². The number of fused-ring (bicyclic) bond motifs is 1. The smallest absolute Gasteiger partial charge is 0.151 e. The predicted octanol–water partition coefficient (Wildman–Crippen LogP) is 2.99. The molecule has 0 unspecified atom stereocenters. The molecule has 4 rings (SSSR count). The molecule has 0 bridgehead atoms. The van der Waals surface area contributed by atoms with Gasteiger partial charge in [-0.15, -0.1) is 10.2 Å². The second-order valence-electron chi connectivity index (χ2n) is 8.59. The zero-order valence-corrected chi connectivity index (χ0v) is 16.0. The molecule has 6 heteroatoms. The van der Waals surface area contributed by atoms with Gasteiger partial charge in [-0.25, -0.2) is 0 Å². The van der Waals surface area contributed by atoms with Crippen molar-refractivity contribution in [3.05, 3.63) is 35.2 Å². The van der Waals surface area contributed by atoms with Crippen LogP contribution in [-0.4, -0.2) is 40.0 Å². The van der Waals surface area contributed by atoms with Gasteiger partial charge in [-0.05, 0) is 49.4 Å². The van der Waals surface area contributed by atoms with Crippen molar-refractivity contribution in [2.45, 2.75) is 51.9 Å². The third-order valence-electron chi connectivity index (χ3n) is 5.34. The van der Waals surface area contributed by atoms with Crippen LogP contribution in [0.2, 0.25) is 0 Å². The van der Waals surface area contributed by atoms with Crippen LogP contribution >= 0.6 is 0 Å². The van der Waals surface area contributed by atoms with Crippen LogP contribution in [0.5, 0.6) is 0 Å². The number of nitrogens with zero attached hydrogens (tertiary/aromatic N) is 5. The zero-order valence-electron chi connectivity index (χ0n) is 16.0. The lowest BCUT2D eigenvalue weighted by atomic mass is 9.92. The van der Waals surface area contributed by atoms with E-state index in [2.05, 4.69) is 63.5 Å². The minimum absolute atomic E-state index is 0.0376. The summed E-state index contributed by atoms with van der Waals surface area (Å²) < 4.78 is 0. The highest BCUT2D eigenvalue weighted by molar-refractivity contribution is 5.45. The van der Waals surface area contributed by atoms with Gasteiger partial charge in [-0.2, -0.15) is 10.2 Å². The molecular formula is C20H28N6. The maximum atomic E-state index is 4.44. The summed E-state index contributed by atoms with van der Waals surface area (Å²) in [6.45, 7) is 9.41. The molecule has 3 heterocycles. The number of rotatable bonds is 4. The van der Waals surface area contributed by atoms with E-state index >= 15 is 0 Å². The molecule has 2 aliphatic rings. The predicted molar refractivity (Wildman–Crippen MR) is 104 cm³/mol. The SMILES string of the molecule is CC(C)(C)c1ccc(NCC2CN(c3cc4c(nn3)CCCC4)C2)nn1. The van der Waals surface area contributed by atoms with Crippen molar-refractivity contribution in [1.82, 2.24) is 20.4 Å². The first kappa shape index (κ1) is 17.2. The number of hydrogen-bond donors (Lipinski definition) is 1. The Kier molecular flexibility index (Phi) is 4.51. The molecule has 0 atom stereocenters. The Morgan fingerprint density at radius 2 is 1.85 bits per heavy atom. The maximum absolute atomic E-state index is 4.44. The molecule has 2 aromatic rings. The van der Waals surface area contributed by atoms with Crippen molar-refractivity contribution >= 4 is 11.6 Å². The quantitative estimate of drug-likeness (QED) is 0.912. The van der Waals surface area contributed by atoms with E-state index in [9.17, 15) is 0 Å². The lowest BCUT2D eigenvalue weighted by Crippen LogP contribution is -2.50. The van der Waals surface area contributed by atoms with Crippen molar-refractivity contribution < 1.29 is 0 Å². The summed E-state index contributed by atoms with van der Waals surface area (Å²) >= 11 is 0. The second-order valence-corrected chi connectivity index (χ2v) is 8.59. The van der Waals surface area contributed by atoms with Gasteiger partial charge in [-0.3, -0.25) is 0 Å². The topological polar surface area (TPSA) is 66.8 Å². The number of aromatic nitrogens is 4. The standard InChI is InChI=1S/C20H28N6/c1-20(2,3)17-8-9-18(24-23-17)21-11-14-12-26(13-14)19-10-15-6-4-5-7-16(15)22-25-19/h8-10,14H,4-7,11-13H2,1-3H3,(H,21,24). The molecule has 26 heavy (non-hydrogen) atoms. The molecule has 0 radical (unpaired) electrons. The van der Waals surface area contributed by atoms with Crippen LogP contribution in [0.15, 0.2) is 18.2 Å². The van der Waals surface area contributed by atoms with Crippen molar-refractivity contribution in [3.63, 3.8) is 0 Å². The molecule has 138 valence electrons. The summed E-state index contributed by atoms with van der Waals surface area (Å²) in [6, 6.07) is 6.34. The van der Waals surface area contributed by atoms with Gasteiger partial charge in [0, 0.05) is 31.0 Å². The molecule has 1 aliphatic heterocycles. The van der Waals surface area contributed by atoms with Gasteiger partial charge >= 0.3 is 0 Å². The Labute approximate surface area is 155 Å². The molecule has 1 aliphatic carbocycles. The zero-order chi connectivity index (χ0) is 18.1. The highest BCUT2D eigenvalue weighted by Gasteiger charge is 2.28. The first-order valence-corrected chi connectivity index (χ1v) is 9.67. The number of anilines is 2. The third-order valence-corrected chi connectivity index (χ3v) is 5.34. The van der Waals surface area contributed by atoms with Gasteiger partial charge < -0.3 is 10.2 Å². The Hall–Kier alpha value is -2.24. The Morgan fingerprint density at radius 3 is 2.58 bits per heavy atom. The number of hydrogen-bond acceptors (Lipinski definition) is 6. The monoisotopic (exact) mass is 352 g/mol. The molecular weight excluding hydrogens is 324 g/mol. The first-order chi connectivity index (χ1) is 12.5. The Morgan fingerprint density at radius 1 is 1.04 bits per heavy atom. The van der Waals surface area contributed by atoms with Crippen molar-refractivity contribution in [2.75, 3.05) is 29.9 Å². The van der Waals surface area contributed by atoms with Crippen LogP contribution in [0.25, 0.3) is 0 Å². The van der Waals surface area contributed by atoms with E-state index in [1.165, 1.54) is 24.1 Å². The fourth-order valence-electron chi connectivity index (χ4n) is 3.59. The molecule has 1 fully saturated rings. The number of nitrogens with one attached hydrogen (secondary N) is 1. The molecule has 0 spiro atoms. The molecule has 1 N–H and O–H groups in total. The van der Waals surface area contributed by atoms with Crippen molar-refractivity contribution in [3.8, 4) is 0 Å². The minimum Gasteiger partial charge on any atom is -0.368 e. The summed E-state index contributed by atoms with van der Waals surface area (Å²) in [4.78, 5) is 2.32. The summed E-state index contributed by atoms with van der Waals surface area (Å²) in [7, 11) is 0. The normalized spacial score (nSPS) is 17.6. The highest BCUT2D eigenvalue weighted by Crippen LogP contribution is 2.27. The third kappa shape index (κ3) is 3.64. The van der Waals surface area contributed by atoms with E-state index in [0.717, 1.165) is 49.8 Å². The molecule has 0 aromatic carbocycles. The van der Waals surface area contributed by atoms with Crippen molar-refractivity contribution in [1.29, 1.82) is 0 Å². The van der Waals surface area contributed by atoms with Crippen LogP contribution in [0.4, 0.5) is 11.6 Å². The second kappa shape index (κ2) is 6.82. The average molecular weight is 352 g/mol. The van der Waals surface area contributed by atoms with Crippen LogP contribution in [0.3, 0.4) is 0 Å². The largest absolute Gasteiger partial charge is 0.368 e. The molecule has 6 nitrogen and oxygen atoms in total. The Balaban J connectivity index is 1.28. The minimum atomic E-state index is 0.0376. The molecule has 0 saturated carbocycles. The summed E-state index contributed by atoms with van der Waals surface area (Å²) in [5.74, 6) is 2.50. The lowest BCUT2D eigenvalue weighted by molar-refractivity contribution is 0.424. The summed E-state index contributed by atoms with van der Waals surface area (Å²) in [5.41, 5.74) is 3.66. The van der Waals surface area contributed by atoms with Crippen LogP contribution in [-0.2, 0) is 18.3 Å². The van der Waals surface area contributed by atoms with Gasteiger partial charge in [0.15, 0.2) is 5.82 Å². The average Bonchev–Trinajstić information content (AvgIpc) is 2.60. The van der Waals surface area contributed by atoms with Gasteiger partial charge in [0.25, 0.3) is 0 Å². The van der Waals surface area contributed by atoms with E-state index in [4.69, 9.17) is 0 Å². The summed E-state index contributed by atoms with van der Waals surface area (Å²) in [6.07, 6.45) is 4.77. The van der Waals surface area contributed by atoms with Crippen molar-refractivity contribution in [2.24, 2.45) is 5.92 Å². The van der Waals surface area contributed by atoms with Gasteiger partial charge in [-0.1, -0.05) is 20.8 Å². The lowest BCUT2D eigenvalue weighted by Gasteiger charge is -2.40. The number of aryl methyl sites for hydroxylation is 2. The molecule has 0 amide bonds. The van der Waals surface area contributed by atoms with E-state index in [1.807, 2.05) is 6.07 Å². The first-order valence-electron chi connectivity index (χ1n) is 9.67.